The molecule has 0 bridgehead atoms. The predicted molar refractivity (Wildman–Crippen MR) is 71.3 cm³/mol. The number of thiol groups is 1. The number of nitrogens with zero attached hydrogens (tertiary/aromatic N) is 1. The van der Waals surface area contributed by atoms with Gasteiger partial charge in [-0.05, 0) is 19.3 Å². The first-order valence-electron chi connectivity index (χ1n) is 6.44. The van der Waals surface area contributed by atoms with Gasteiger partial charge < -0.3 is 10.2 Å². The number of nitrogens with one attached hydrogen (secondary N) is 1. The third kappa shape index (κ3) is 4.58. The van der Waals surface area contributed by atoms with Crippen LogP contribution < -0.4 is 5.32 Å². The molecule has 1 rings (SSSR count). The van der Waals surface area contributed by atoms with Crippen LogP contribution in [-0.2, 0) is 4.79 Å². The van der Waals surface area contributed by atoms with Crippen molar-refractivity contribution in [1.29, 1.82) is 0 Å². The van der Waals surface area contributed by atoms with Crippen molar-refractivity contribution in [2.45, 2.75) is 51.5 Å². The average Bonchev–Trinajstić information content (AvgIpc) is 2.77. The molecule has 0 aromatic carbocycles. The Morgan fingerprint density at radius 1 is 1.35 bits per heavy atom. The number of carbonyl (C=O) groups is 2. The van der Waals surface area contributed by atoms with Gasteiger partial charge in [0.2, 0.25) is 5.12 Å². The van der Waals surface area contributed by atoms with Gasteiger partial charge in [0.1, 0.15) is 6.04 Å². The Bertz CT molecular complexity index is 271. The quantitative estimate of drug-likeness (QED) is 0.567. The minimum Gasteiger partial charge on any atom is -0.338 e. The Balaban J connectivity index is 2.25. The number of hydrogen-bond donors (Lipinski definition) is 2. The fourth-order valence-electron chi connectivity index (χ4n) is 2.12. The van der Waals surface area contributed by atoms with Crippen molar-refractivity contribution in [2.75, 3.05) is 13.1 Å². The van der Waals surface area contributed by atoms with Gasteiger partial charge in [0, 0.05) is 13.1 Å². The third-order valence-electron chi connectivity index (χ3n) is 3.11. The molecule has 2 amide bonds. The van der Waals surface area contributed by atoms with Crippen LogP contribution in [0.3, 0.4) is 0 Å². The third-order valence-corrected chi connectivity index (χ3v) is 3.40. The zero-order valence-corrected chi connectivity index (χ0v) is 11.3. The molecule has 0 aromatic rings. The molecular formula is C12H22N2O2S. The normalized spacial score (nSPS) is 19.4. The second-order valence-electron chi connectivity index (χ2n) is 4.48. The smallest absolute Gasteiger partial charge is 0.318 e. The van der Waals surface area contributed by atoms with Crippen LogP contribution in [0.15, 0.2) is 0 Å². The molecule has 1 N–H and O–H groups in total. The van der Waals surface area contributed by atoms with E-state index in [-0.39, 0.29) is 17.2 Å². The lowest BCUT2D eigenvalue weighted by atomic mass is 10.2. The van der Waals surface area contributed by atoms with Gasteiger partial charge in [-0.3, -0.25) is 4.79 Å². The molecule has 5 heteroatoms. The van der Waals surface area contributed by atoms with E-state index in [9.17, 15) is 9.59 Å². The lowest BCUT2D eigenvalue weighted by Crippen LogP contribution is -2.45. The largest absolute Gasteiger partial charge is 0.338 e. The summed E-state index contributed by atoms with van der Waals surface area (Å²) in [5.74, 6) is 0. The molecule has 1 aliphatic heterocycles. The maximum atomic E-state index is 11.8. The summed E-state index contributed by atoms with van der Waals surface area (Å²) in [6.45, 7) is 3.52. The van der Waals surface area contributed by atoms with Crippen LogP contribution in [0, 0.1) is 0 Å². The fraction of sp³-hybridized carbons (Fsp3) is 0.833. The van der Waals surface area contributed by atoms with Crippen molar-refractivity contribution in [3.05, 3.63) is 0 Å². The van der Waals surface area contributed by atoms with Gasteiger partial charge in [0.25, 0.3) is 0 Å². The number of carbonyl (C=O) groups excluding carboxylic acids is 2. The Morgan fingerprint density at radius 3 is 2.76 bits per heavy atom. The highest BCUT2D eigenvalue weighted by molar-refractivity contribution is 7.96. The molecule has 1 fully saturated rings. The number of hydrogen-bond acceptors (Lipinski definition) is 2. The van der Waals surface area contributed by atoms with Crippen molar-refractivity contribution in [3.63, 3.8) is 0 Å². The zero-order valence-electron chi connectivity index (χ0n) is 10.4. The summed E-state index contributed by atoms with van der Waals surface area (Å²) >= 11 is 3.82. The van der Waals surface area contributed by atoms with Crippen LogP contribution in [0.2, 0.25) is 0 Å². The van der Waals surface area contributed by atoms with Crippen molar-refractivity contribution in [1.82, 2.24) is 10.2 Å². The maximum Gasteiger partial charge on any atom is 0.318 e. The molecule has 17 heavy (non-hydrogen) atoms. The van der Waals surface area contributed by atoms with E-state index in [0.717, 1.165) is 25.7 Å². The molecule has 0 aromatic heterocycles. The fourth-order valence-corrected chi connectivity index (χ4v) is 2.38. The lowest BCUT2D eigenvalue weighted by Gasteiger charge is -2.22. The Hall–Kier alpha value is -0.710. The van der Waals surface area contributed by atoms with Crippen LogP contribution >= 0.6 is 12.6 Å². The van der Waals surface area contributed by atoms with Crippen LogP contribution in [0.4, 0.5) is 4.79 Å². The predicted octanol–water partition coefficient (Wildman–Crippen LogP) is 2.20. The molecule has 1 aliphatic rings. The SMILES string of the molecule is CCCCCCNC(=O)N1CCC[C@H]1C(=O)S. The molecule has 0 spiro atoms. The second kappa shape index (κ2) is 7.58. The van der Waals surface area contributed by atoms with Gasteiger partial charge in [-0.25, -0.2) is 4.79 Å². The molecule has 1 heterocycles. The van der Waals surface area contributed by atoms with Crippen LogP contribution in [0.5, 0.6) is 0 Å². The topological polar surface area (TPSA) is 49.4 Å². The first kappa shape index (κ1) is 14.4. The summed E-state index contributed by atoms with van der Waals surface area (Å²) < 4.78 is 0. The summed E-state index contributed by atoms with van der Waals surface area (Å²) in [4.78, 5) is 24.6. The Labute approximate surface area is 109 Å². The van der Waals surface area contributed by atoms with Gasteiger partial charge in [-0.1, -0.05) is 26.2 Å². The molecule has 98 valence electrons. The van der Waals surface area contributed by atoms with Crippen molar-refractivity contribution in [3.8, 4) is 0 Å². The maximum absolute atomic E-state index is 11.8. The monoisotopic (exact) mass is 258 g/mol. The molecule has 1 atom stereocenters. The van der Waals surface area contributed by atoms with E-state index in [1.807, 2.05) is 0 Å². The van der Waals surface area contributed by atoms with Gasteiger partial charge in [0.15, 0.2) is 0 Å². The Morgan fingerprint density at radius 2 is 2.12 bits per heavy atom. The summed E-state index contributed by atoms with van der Waals surface area (Å²) in [5.41, 5.74) is 0. The van der Waals surface area contributed by atoms with E-state index in [2.05, 4.69) is 24.9 Å². The number of unbranched alkanes of at least 4 members (excludes halogenated alkanes) is 3. The van der Waals surface area contributed by atoms with E-state index in [1.54, 1.807) is 4.90 Å². The minimum atomic E-state index is -0.325. The number of urea groups is 1. The van der Waals surface area contributed by atoms with Crippen LogP contribution in [-0.4, -0.2) is 35.2 Å². The van der Waals surface area contributed by atoms with E-state index in [1.165, 1.54) is 12.8 Å². The standard InChI is InChI=1S/C12H22N2O2S/c1-2-3-4-5-8-13-12(16)14-9-6-7-10(14)11(15)17/h10H,2-9H2,1H3,(H,13,16)(H,15,17)/t10-/m0/s1. The van der Waals surface area contributed by atoms with E-state index in [0.29, 0.717) is 13.1 Å². The average molecular weight is 258 g/mol. The number of likely N-dealkylation sites (tertiary alicyclic amines) is 1. The summed E-state index contributed by atoms with van der Waals surface area (Å²) in [6.07, 6.45) is 6.18. The summed E-state index contributed by atoms with van der Waals surface area (Å²) in [5, 5.41) is 2.66. The molecule has 0 unspecified atom stereocenters. The van der Waals surface area contributed by atoms with Gasteiger partial charge in [-0.2, -0.15) is 0 Å². The molecular weight excluding hydrogens is 236 g/mol. The van der Waals surface area contributed by atoms with Gasteiger partial charge >= 0.3 is 6.03 Å². The van der Waals surface area contributed by atoms with Crippen molar-refractivity contribution >= 4 is 23.8 Å². The molecule has 0 aliphatic carbocycles. The Kier molecular flexibility index (Phi) is 6.40. The first-order valence-corrected chi connectivity index (χ1v) is 6.88. The molecule has 0 radical (unpaired) electrons. The number of amides is 2. The number of rotatable bonds is 6. The second-order valence-corrected chi connectivity index (χ2v) is 4.92. The van der Waals surface area contributed by atoms with Gasteiger partial charge in [-0.15, -0.1) is 12.6 Å². The van der Waals surface area contributed by atoms with Crippen LogP contribution in [0.25, 0.3) is 0 Å². The highest BCUT2D eigenvalue weighted by Gasteiger charge is 2.32. The molecule has 0 saturated carbocycles. The molecule has 4 nitrogen and oxygen atoms in total. The van der Waals surface area contributed by atoms with E-state index in [4.69, 9.17) is 0 Å². The summed E-state index contributed by atoms with van der Waals surface area (Å²) in [7, 11) is 0. The van der Waals surface area contributed by atoms with Crippen LogP contribution in [0.1, 0.15) is 45.4 Å². The minimum absolute atomic E-state index is 0.119. The highest BCUT2D eigenvalue weighted by atomic mass is 32.1. The molecule has 1 saturated heterocycles. The zero-order chi connectivity index (χ0) is 12.7. The summed E-state index contributed by atoms with van der Waals surface area (Å²) in [6, 6.07) is -0.444. The van der Waals surface area contributed by atoms with E-state index >= 15 is 0 Å². The van der Waals surface area contributed by atoms with Gasteiger partial charge in [0.05, 0.1) is 0 Å². The highest BCUT2D eigenvalue weighted by Crippen LogP contribution is 2.19. The lowest BCUT2D eigenvalue weighted by molar-refractivity contribution is -0.113. The first-order chi connectivity index (χ1) is 8.16. The van der Waals surface area contributed by atoms with Crippen molar-refractivity contribution < 1.29 is 9.59 Å². The van der Waals surface area contributed by atoms with Crippen molar-refractivity contribution in [2.24, 2.45) is 0 Å². The van der Waals surface area contributed by atoms with E-state index < -0.39 is 0 Å².